The minimum absolute atomic E-state index is 0.0221. The summed E-state index contributed by atoms with van der Waals surface area (Å²) in [6, 6.07) is 8.08. The van der Waals surface area contributed by atoms with Crippen LogP contribution in [0.2, 0.25) is 0 Å². The van der Waals surface area contributed by atoms with Crippen molar-refractivity contribution < 1.29 is 13.6 Å². The van der Waals surface area contributed by atoms with E-state index in [9.17, 15) is 18.8 Å². The molecule has 5 heterocycles. The zero-order valence-corrected chi connectivity index (χ0v) is 21.1. The highest BCUT2D eigenvalue weighted by molar-refractivity contribution is 5.73. The van der Waals surface area contributed by atoms with Gasteiger partial charge in [-0.25, -0.2) is 13.8 Å². The lowest BCUT2D eigenvalue weighted by Crippen LogP contribution is -2.56. The van der Waals surface area contributed by atoms with E-state index in [-0.39, 0.29) is 23.3 Å². The SMILES string of the molecule is CC(=O)N1CCC(N2CC(n3cc(Nc4cccc(-c5cnn(C6(C#N)CC6)c5)n4)c(C(F)F)n3)C2)CC1. The van der Waals surface area contributed by atoms with Gasteiger partial charge in [-0.15, -0.1) is 0 Å². The Morgan fingerprint density at radius 3 is 2.61 bits per heavy atom. The molecular formula is C26H29F2N9O. The van der Waals surface area contributed by atoms with Gasteiger partial charge in [-0.1, -0.05) is 6.07 Å². The molecule has 3 aromatic heterocycles. The number of rotatable bonds is 7. The minimum Gasteiger partial charge on any atom is -0.343 e. The largest absolute Gasteiger partial charge is 0.343 e. The number of nitriles is 1. The average molecular weight is 522 g/mol. The van der Waals surface area contributed by atoms with E-state index in [1.54, 1.807) is 47.0 Å². The number of carbonyl (C=O) groups is 1. The smallest absolute Gasteiger partial charge is 0.284 e. The van der Waals surface area contributed by atoms with Crippen LogP contribution in [0.5, 0.6) is 0 Å². The summed E-state index contributed by atoms with van der Waals surface area (Å²) < 4.78 is 31.1. The number of amides is 1. The standard InChI is InChI=1S/C26H29F2N9O/c1-17(38)34-9-5-19(6-10-34)35-13-20(14-35)36-15-22(24(33-36)25(27)28)32-23-4-2-3-21(31-23)18-11-30-37(12-18)26(16-29)7-8-26/h2-4,11-12,15,19-20,25H,5-10,13-14H2,1H3,(H,31,32). The van der Waals surface area contributed by atoms with Crippen LogP contribution < -0.4 is 5.32 Å². The van der Waals surface area contributed by atoms with Gasteiger partial charge < -0.3 is 10.2 Å². The lowest BCUT2D eigenvalue weighted by molar-refractivity contribution is -0.130. The Hall–Kier alpha value is -3.85. The van der Waals surface area contributed by atoms with Gasteiger partial charge in [0.2, 0.25) is 5.91 Å². The highest BCUT2D eigenvalue weighted by atomic mass is 19.3. The summed E-state index contributed by atoms with van der Waals surface area (Å²) in [6.45, 7) is 4.62. The van der Waals surface area contributed by atoms with Gasteiger partial charge in [0.25, 0.3) is 6.43 Å². The van der Waals surface area contributed by atoms with Gasteiger partial charge in [0.1, 0.15) is 11.4 Å². The molecule has 1 amide bonds. The molecule has 2 aliphatic heterocycles. The van der Waals surface area contributed by atoms with E-state index in [0.717, 1.165) is 57.4 Å². The number of nitrogens with zero attached hydrogens (tertiary/aromatic N) is 8. The van der Waals surface area contributed by atoms with Crippen molar-refractivity contribution in [3.8, 4) is 17.3 Å². The summed E-state index contributed by atoms with van der Waals surface area (Å²) in [5.41, 5.74) is 0.755. The van der Waals surface area contributed by atoms with Crippen molar-refractivity contribution in [3.05, 3.63) is 42.5 Å². The molecule has 3 aliphatic rings. The van der Waals surface area contributed by atoms with Crippen molar-refractivity contribution in [2.75, 3.05) is 31.5 Å². The zero-order valence-electron chi connectivity index (χ0n) is 21.1. The third-order valence-electron chi connectivity index (χ3n) is 7.92. The monoisotopic (exact) mass is 521 g/mol. The van der Waals surface area contributed by atoms with Gasteiger partial charge in [0, 0.05) is 57.1 Å². The Labute approximate surface area is 218 Å². The molecule has 12 heteroatoms. The highest BCUT2D eigenvalue weighted by Crippen LogP contribution is 2.42. The molecular weight excluding hydrogens is 492 g/mol. The fourth-order valence-corrected chi connectivity index (χ4v) is 5.35. The maximum absolute atomic E-state index is 13.9. The topological polar surface area (TPSA) is 108 Å². The van der Waals surface area contributed by atoms with Crippen molar-refractivity contribution in [1.82, 2.24) is 34.3 Å². The van der Waals surface area contributed by atoms with Crippen molar-refractivity contribution in [2.24, 2.45) is 0 Å². The van der Waals surface area contributed by atoms with E-state index in [2.05, 4.69) is 31.5 Å². The van der Waals surface area contributed by atoms with Gasteiger partial charge in [0.15, 0.2) is 5.69 Å². The molecule has 6 rings (SSSR count). The first kappa shape index (κ1) is 24.5. The number of hydrogen-bond donors (Lipinski definition) is 1. The van der Waals surface area contributed by atoms with Crippen LogP contribution in [0.25, 0.3) is 11.3 Å². The number of likely N-dealkylation sites (tertiary alicyclic amines) is 2. The van der Waals surface area contributed by atoms with E-state index in [1.165, 1.54) is 0 Å². The molecule has 1 aliphatic carbocycles. The second kappa shape index (κ2) is 9.47. The predicted molar refractivity (Wildman–Crippen MR) is 135 cm³/mol. The maximum Gasteiger partial charge on any atom is 0.284 e. The number of nitrogens with one attached hydrogen (secondary N) is 1. The van der Waals surface area contributed by atoms with Gasteiger partial charge in [-0.3, -0.25) is 19.1 Å². The second-order valence-electron chi connectivity index (χ2n) is 10.4. The third-order valence-corrected chi connectivity index (χ3v) is 7.92. The van der Waals surface area contributed by atoms with E-state index >= 15 is 0 Å². The Kier molecular flexibility index (Phi) is 6.10. The first-order valence-electron chi connectivity index (χ1n) is 12.9. The van der Waals surface area contributed by atoms with Crippen molar-refractivity contribution in [1.29, 1.82) is 5.26 Å². The minimum atomic E-state index is -2.73. The Balaban J connectivity index is 1.13. The quantitative estimate of drug-likeness (QED) is 0.505. The summed E-state index contributed by atoms with van der Waals surface area (Å²) in [5, 5.41) is 21.0. The van der Waals surface area contributed by atoms with E-state index in [0.29, 0.717) is 17.6 Å². The lowest BCUT2D eigenvalue weighted by Gasteiger charge is -2.47. The summed E-state index contributed by atoms with van der Waals surface area (Å²) in [6.07, 6.45) is 5.79. The van der Waals surface area contributed by atoms with Gasteiger partial charge >= 0.3 is 0 Å². The van der Waals surface area contributed by atoms with Crippen LogP contribution in [-0.4, -0.2) is 72.5 Å². The molecule has 0 aromatic carbocycles. The number of hydrogen-bond acceptors (Lipinski definition) is 7. The second-order valence-corrected chi connectivity index (χ2v) is 10.4. The summed E-state index contributed by atoms with van der Waals surface area (Å²) in [7, 11) is 0. The van der Waals surface area contributed by atoms with E-state index < -0.39 is 12.0 Å². The Morgan fingerprint density at radius 2 is 1.95 bits per heavy atom. The average Bonchev–Trinajstić information content (AvgIpc) is 3.32. The fraction of sp³-hybridized carbons (Fsp3) is 0.500. The number of piperidine rings is 1. The first-order chi connectivity index (χ1) is 18.3. The Bertz CT molecular complexity index is 1380. The summed E-state index contributed by atoms with van der Waals surface area (Å²) in [4.78, 5) is 20.4. The fourth-order valence-electron chi connectivity index (χ4n) is 5.35. The van der Waals surface area contributed by atoms with E-state index in [1.807, 2.05) is 11.0 Å². The molecule has 0 radical (unpaired) electrons. The number of aromatic nitrogens is 5. The van der Waals surface area contributed by atoms with Gasteiger partial charge in [-0.2, -0.15) is 15.5 Å². The van der Waals surface area contributed by atoms with Crippen LogP contribution >= 0.6 is 0 Å². The third kappa shape index (κ3) is 4.51. The maximum atomic E-state index is 13.9. The van der Waals surface area contributed by atoms with Crippen LogP contribution in [0, 0.1) is 11.3 Å². The normalized spacial score (nSPS) is 19.8. The van der Waals surface area contributed by atoms with Crippen molar-refractivity contribution >= 4 is 17.4 Å². The molecule has 3 fully saturated rings. The van der Waals surface area contributed by atoms with E-state index in [4.69, 9.17) is 0 Å². The molecule has 3 aromatic rings. The van der Waals surface area contributed by atoms with Crippen LogP contribution in [-0.2, 0) is 10.3 Å². The van der Waals surface area contributed by atoms with Gasteiger partial charge in [-0.05, 0) is 37.8 Å². The number of pyridine rings is 1. The number of anilines is 2. The molecule has 2 saturated heterocycles. The molecule has 198 valence electrons. The zero-order chi connectivity index (χ0) is 26.4. The molecule has 0 atom stereocenters. The number of halogens is 2. The lowest BCUT2D eigenvalue weighted by atomic mass is 9.97. The Morgan fingerprint density at radius 1 is 1.18 bits per heavy atom. The first-order valence-corrected chi connectivity index (χ1v) is 12.9. The number of alkyl halides is 2. The molecule has 1 saturated carbocycles. The van der Waals surface area contributed by atoms with Gasteiger partial charge in [0.05, 0.1) is 29.7 Å². The molecule has 0 unspecified atom stereocenters. The molecule has 1 N–H and O–H groups in total. The summed E-state index contributed by atoms with van der Waals surface area (Å²) >= 11 is 0. The molecule has 0 bridgehead atoms. The van der Waals surface area contributed by atoms with Crippen molar-refractivity contribution in [2.45, 2.75) is 56.7 Å². The van der Waals surface area contributed by atoms with Crippen LogP contribution in [0.1, 0.15) is 50.8 Å². The van der Waals surface area contributed by atoms with Crippen LogP contribution in [0.4, 0.5) is 20.3 Å². The van der Waals surface area contributed by atoms with Crippen molar-refractivity contribution in [3.63, 3.8) is 0 Å². The molecule has 0 spiro atoms. The summed E-state index contributed by atoms with van der Waals surface area (Å²) in [5.74, 6) is 0.535. The molecule has 10 nitrogen and oxygen atoms in total. The molecule has 38 heavy (non-hydrogen) atoms. The highest BCUT2D eigenvalue weighted by Gasteiger charge is 2.46. The predicted octanol–water partition coefficient (Wildman–Crippen LogP) is 3.70. The van der Waals surface area contributed by atoms with Crippen LogP contribution in [0.3, 0.4) is 0 Å². The van der Waals surface area contributed by atoms with Crippen LogP contribution in [0.15, 0.2) is 36.8 Å². The number of carbonyl (C=O) groups excluding carboxylic acids is 1.